The SMILES string of the molecule is COc1cccc(C(O)CN2CCC(O)C2)c1. The highest BCUT2D eigenvalue weighted by molar-refractivity contribution is 5.29. The Morgan fingerprint density at radius 3 is 3.00 bits per heavy atom. The Hall–Kier alpha value is -1.10. The van der Waals surface area contributed by atoms with Gasteiger partial charge < -0.3 is 14.9 Å². The van der Waals surface area contributed by atoms with E-state index in [1.807, 2.05) is 24.3 Å². The molecule has 1 aromatic rings. The van der Waals surface area contributed by atoms with Crippen molar-refractivity contribution in [3.05, 3.63) is 29.8 Å². The number of aliphatic hydroxyl groups excluding tert-OH is 2. The van der Waals surface area contributed by atoms with E-state index < -0.39 is 6.10 Å². The minimum Gasteiger partial charge on any atom is -0.497 e. The number of likely N-dealkylation sites (tertiary alicyclic amines) is 1. The molecular weight excluding hydrogens is 218 g/mol. The standard InChI is InChI=1S/C13H19NO3/c1-17-12-4-2-3-10(7-12)13(16)9-14-6-5-11(15)8-14/h2-4,7,11,13,15-16H,5-6,8-9H2,1H3. The van der Waals surface area contributed by atoms with Gasteiger partial charge in [0.1, 0.15) is 5.75 Å². The number of β-amino-alcohol motifs (C(OH)–C–C–N with tert-alkyl or cyclic N) is 2. The largest absolute Gasteiger partial charge is 0.497 e. The zero-order valence-electron chi connectivity index (χ0n) is 10.0. The first-order valence-corrected chi connectivity index (χ1v) is 5.91. The van der Waals surface area contributed by atoms with Crippen LogP contribution in [0.5, 0.6) is 5.75 Å². The number of ether oxygens (including phenoxy) is 1. The molecule has 4 heteroatoms. The third-order valence-electron chi connectivity index (χ3n) is 3.16. The third kappa shape index (κ3) is 3.19. The van der Waals surface area contributed by atoms with E-state index in [0.717, 1.165) is 24.3 Å². The molecule has 0 radical (unpaired) electrons. The van der Waals surface area contributed by atoms with Crippen molar-refractivity contribution in [3.63, 3.8) is 0 Å². The van der Waals surface area contributed by atoms with Crippen LogP contribution in [-0.4, -0.2) is 48.0 Å². The van der Waals surface area contributed by atoms with Crippen LogP contribution in [0.25, 0.3) is 0 Å². The fourth-order valence-corrected chi connectivity index (χ4v) is 2.18. The van der Waals surface area contributed by atoms with E-state index >= 15 is 0 Å². The van der Waals surface area contributed by atoms with Crippen molar-refractivity contribution in [1.29, 1.82) is 0 Å². The lowest BCUT2D eigenvalue weighted by molar-refractivity contribution is 0.113. The summed E-state index contributed by atoms with van der Waals surface area (Å²) in [7, 11) is 1.61. The van der Waals surface area contributed by atoms with Crippen LogP contribution < -0.4 is 4.74 Å². The Bertz CT molecular complexity index is 369. The topological polar surface area (TPSA) is 52.9 Å². The zero-order chi connectivity index (χ0) is 12.3. The molecule has 2 rings (SSSR count). The predicted molar refractivity (Wildman–Crippen MR) is 65.0 cm³/mol. The minimum atomic E-state index is -0.532. The predicted octanol–water partition coefficient (Wildman–Crippen LogP) is 0.795. The normalized spacial score (nSPS) is 22.6. The number of rotatable bonds is 4. The highest BCUT2D eigenvalue weighted by atomic mass is 16.5. The summed E-state index contributed by atoms with van der Waals surface area (Å²) in [6.45, 7) is 2.06. The second-order valence-corrected chi connectivity index (χ2v) is 4.49. The van der Waals surface area contributed by atoms with E-state index in [1.165, 1.54) is 0 Å². The van der Waals surface area contributed by atoms with Crippen molar-refractivity contribution in [2.24, 2.45) is 0 Å². The van der Waals surface area contributed by atoms with Crippen LogP contribution in [0.2, 0.25) is 0 Å². The van der Waals surface area contributed by atoms with Crippen molar-refractivity contribution in [2.45, 2.75) is 18.6 Å². The van der Waals surface area contributed by atoms with E-state index in [9.17, 15) is 10.2 Å². The van der Waals surface area contributed by atoms with E-state index in [2.05, 4.69) is 4.90 Å². The van der Waals surface area contributed by atoms with Crippen LogP contribution in [-0.2, 0) is 0 Å². The lowest BCUT2D eigenvalue weighted by atomic mass is 10.1. The molecule has 4 nitrogen and oxygen atoms in total. The van der Waals surface area contributed by atoms with E-state index in [1.54, 1.807) is 7.11 Å². The molecule has 1 aliphatic heterocycles. The molecule has 2 unspecified atom stereocenters. The van der Waals surface area contributed by atoms with Gasteiger partial charge in [-0.05, 0) is 24.1 Å². The molecule has 2 N–H and O–H groups in total. The number of hydrogen-bond acceptors (Lipinski definition) is 4. The molecular formula is C13H19NO3. The second-order valence-electron chi connectivity index (χ2n) is 4.49. The fourth-order valence-electron chi connectivity index (χ4n) is 2.18. The monoisotopic (exact) mass is 237 g/mol. The summed E-state index contributed by atoms with van der Waals surface area (Å²) in [5.74, 6) is 0.753. The van der Waals surface area contributed by atoms with Crippen molar-refractivity contribution < 1.29 is 14.9 Å². The van der Waals surface area contributed by atoms with Gasteiger partial charge in [-0.1, -0.05) is 12.1 Å². The molecule has 17 heavy (non-hydrogen) atoms. The molecule has 0 aliphatic carbocycles. The summed E-state index contributed by atoms with van der Waals surface area (Å²) in [4.78, 5) is 2.08. The highest BCUT2D eigenvalue weighted by Crippen LogP contribution is 2.21. The summed E-state index contributed by atoms with van der Waals surface area (Å²) in [6, 6.07) is 7.46. The Labute approximate surface area is 101 Å². The first kappa shape index (κ1) is 12.4. The number of methoxy groups -OCH3 is 1. The van der Waals surface area contributed by atoms with Gasteiger partial charge in [0.05, 0.1) is 19.3 Å². The zero-order valence-corrected chi connectivity index (χ0v) is 10.0. The molecule has 0 aromatic heterocycles. The summed E-state index contributed by atoms with van der Waals surface area (Å²) in [5, 5.41) is 19.5. The third-order valence-corrected chi connectivity index (χ3v) is 3.16. The Kier molecular flexibility index (Phi) is 3.99. The first-order valence-electron chi connectivity index (χ1n) is 5.91. The number of nitrogens with zero attached hydrogens (tertiary/aromatic N) is 1. The van der Waals surface area contributed by atoms with Gasteiger partial charge >= 0.3 is 0 Å². The lowest BCUT2D eigenvalue weighted by Crippen LogP contribution is -2.27. The maximum absolute atomic E-state index is 10.1. The highest BCUT2D eigenvalue weighted by Gasteiger charge is 2.22. The summed E-state index contributed by atoms with van der Waals surface area (Å²) in [6.07, 6.45) is 0.0214. The summed E-state index contributed by atoms with van der Waals surface area (Å²) < 4.78 is 5.13. The smallest absolute Gasteiger partial charge is 0.119 e. The maximum Gasteiger partial charge on any atom is 0.119 e. The van der Waals surface area contributed by atoms with Gasteiger partial charge in [0, 0.05) is 19.6 Å². The summed E-state index contributed by atoms with van der Waals surface area (Å²) >= 11 is 0. The van der Waals surface area contributed by atoms with Crippen molar-refractivity contribution in [3.8, 4) is 5.75 Å². The molecule has 0 saturated carbocycles. The van der Waals surface area contributed by atoms with Gasteiger partial charge in [-0.3, -0.25) is 4.90 Å². The molecule has 1 fully saturated rings. The van der Waals surface area contributed by atoms with Gasteiger partial charge in [-0.15, -0.1) is 0 Å². The molecule has 0 spiro atoms. The Morgan fingerprint density at radius 2 is 2.35 bits per heavy atom. The van der Waals surface area contributed by atoms with Crippen molar-refractivity contribution in [2.75, 3.05) is 26.7 Å². The lowest BCUT2D eigenvalue weighted by Gasteiger charge is -2.20. The van der Waals surface area contributed by atoms with E-state index in [0.29, 0.717) is 13.1 Å². The molecule has 0 bridgehead atoms. The second kappa shape index (κ2) is 5.49. The van der Waals surface area contributed by atoms with Crippen LogP contribution in [0.3, 0.4) is 0 Å². The van der Waals surface area contributed by atoms with Crippen LogP contribution in [0.4, 0.5) is 0 Å². The van der Waals surface area contributed by atoms with Crippen LogP contribution >= 0.6 is 0 Å². The van der Waals surface area contributed by atoms with Crippen LogP contribution in [0.15, 0.2) is 24.3 Å². The van der Waals surface area contributed by atoms with Gasteiger partial charge in [-0.2, -0.15) is 0 Å². The minimum absolute atomic E-state index is 0.243. The first-order chi connectivity index (χ1) is 8.19. The molecule has 1 heterocycles. The molecule has 1 aliphatic rings. The van der Waals surface area contributed by atoms with Gasteiger partial charge in [-0.25, -0.2) is 0 Å². The number of aliphatic hydroxyl groups is 2. The van der Waals surface area contributed by atoms with E-state index in [4.69, 9.17) is 4.74 Å². The number of hydrogen-bond donors (Lipinski definition) is 2. The van der Waals surface area contributed by atoms with Crippen molar-refractivity contribution >= 4 is 0 Å². The van der Waals surface area contributed by atoms with Crippen LogP contribution in [0.1, 0.15) is 18.1 Å². The molecule has 1 saturated heterocycles. The number of benzene rings is 1. The molecule has 0 amide bonds. The van der Waals surface area contributed by atoms with E-state index in [-0.39, 0.29) is 6.10 Å². The quantitative estimate of drug-likeness (QED) is 0.813. The van der Waals surface area contributed by atoms with Gasteiger partial charge in [0.15, 0.2) is 0 Å². The summed E-state index contributed by atoms with van der Waals surface area (Å²) in [5.41, 5.74) is 0.853. The molecule has 94 valence electrons. The fraction of sp³-hybridized carbons (Fsp3) is 0.538. The Balaban J connectivity index is 1.96. The Morgan fingerprint density at radius 1 is 1.53 bits per heavy atom. The van der Waals surface area contributed by atoms with Crippen molar-refractivity contribution in [1.82, 2.24) is 4.90 Å². The van der Waals surface area contributed by atoms with Gasteiger partial charge in [0.25, 0.3) is 0 Å². The maximum atomic E-state index is 10.1. The van der Waals surface area contributed by atoms with Gasteiger partial charge in [0.2, 0.25) is 0 Å². The van der Waals surface area contributed by atoms with Crippen LogP contribution in [0, 0.1) is 0 Å². The average Bonchev–Trinajstić information content (AvgIpc) is 2.75. The molecule has 1 aromatic carbocycles. The molecule has 2 atom stereocenters. The average molecular weight is 237 g/mol.